The van der Waals surface area contributed by atoms with Crippen LogP contribution in [0.5, 0.6) is 0 Å². The zero-order valence-corrected chi connectivity index (χ0v) is 9.09. The van der Waals surface area contributed by atoms with Crippen LogP contribution in [-0.2, 0) is 0 Å². The Hall–Kier alpha value is -2.39. The van der Waals surface area contributed by atoms with E-state index in [-0.39, 0.29) is 11.3 Å². The molecular formula is C11H12N4O2. The largest absolute Gasteiger partial charge is 0.382 e. The van der Waals surface area contributed by atoms with E-state index in [1.807, 2.05) is 6.08 Å². The van der Waals surface area contributed by atoms with Crippen molar-refractivity contribution in [3.05, 3.63) is 46.0 Å². The quantitative estimate of drug-likeness (QED) is 0.453. The highest BCUT2D eigenvalue weighted by atomic mass is 16.6. The smallest absolute Gasteiger partial charge is 0.287 e. The molecule has 0 fully saturated rings. The highest BCUT2D eigenvalue weighted by Gasteiger charge is 2.13. The average molecular weight is 232 g/mol. The van der Waals surface area contributed by atoms with Crippen molar-refractivity contribution in [3.8, 4) is 6.07 Å². The molecule has 0 heterocycles. The first-order chi connectivity index (χ1) is 8.19. The number of nitrogens with zero attached hydrogens (tertiary/aromatic N) is 2. The standard InChI is InChI=1S/C11H12N4O2/c12-5-1-2-6-14-10-3-4-11(15(16)17)9(7-10)8-13/h1-4,7,14H,5-6,12H2/b2-1+. The van der Waals surface area contributed by atoms with Crippen LogP contribution in [0.4, 0.5) is 11.4 Å². The lowest BCUT2D eigenvalue weighted by Gasteiger charge is -2.03. The number of nitrogens with one attached hydrogen (secondary N) is 1. The van der Waals surface area contributed by atoms with Crippen molar-refractivity contribution in [2.75, 3.05) is 18.4 Å². The van der Waals surface area contributed by atoms with Crippen molar-refractivity contribution in [2.24, 2.45) is 5.73 Å². The summed E-state index contributed by atoms with van der Waals surface area (Å²) in [4.78, 5) is 10.0. The molecule has 0 amide bonds. The van der Waals surface area contributed by atoms with Crippen molar-refractivity contribution in [2.45, 2.75) is 0 Å². The first kappa shape index (κ1) is 12.7. The van der Waals surface area contributed by atoms with Crippen molar-refractivity contribution in [3.63, 3.8) is 0 Å². The Balaban J connectivity index is 2.80. The fourth-order valence-electron chi connectivity index (χ4n) is 1.25. The topological polar surface area (TPSA) is 105 Å². The number of nitrogens with two attached hydrogens (primary N) is 1. The van der Waals surface area contributed by atoms with Gasteiger partial charge in [0.15, 0.2) is 0 Å². The van der Waals surface area contributed by atoms with Gasteiger partial charge in [-0.15, -0.1) is 0 Å². The van der Waals surface area contributed by atoms with Gasteiger partial charge < -0.3 is 11.1 Å². The van der Waals surface area contributed by atoms with Crippen LogP contribution >= 0.6 is 0 Å². The summed E-state index contributed by atoms with van der Waals surface area (Å²) in [6.07, 6.45) is 3.64. The molecule has 1 aromatic rings. The summed E-state index contributed by atoms with van der Waals surface area (Å²) in [7, 11) is 0. The predicted molar refractivity (Wildman–Crippen MR) is 64.5 cm³/mol. The van der Waals surface area contributed by atoms with Gasteiger partial charge in [0.1, 0.15) is 11.6 Å². The predicted octanol–water partition coefficient (Wildman–Crippen LogP) is 1.39. The maximum Gasteiger partial charge on any atom is 0.287 e. The first-order valence-electron chi connectivity index (χ1n) is 4.96. The maximum atomic E-state index is 10.6. The first-order valence-corrected chi connectivity index (χ1v) is 4.96. The van der Waals surface area contributed by atoms with Crippen LogP contribution in [0, 0.1) is 21.4 Å². The Morgan fingerprint density at radius 1 is 1.53 bits per heavy atom. The minimum absolute atomic E-state index is 0.0443. The van der Waals surface area contributed by atoms with Gasteiger partial charge in [-0.2, -0.15) is 5.26 Å². The van der Waals surface area contributed by atoms with Gasteiger partial charge in [-0.05, 0) is 12.1 Å². The summed E-state index contributed by atoms with van der Waals surface area (Å²) in [5.74, 6) is 0. The zero-order chi connectivity index (χ0) is 12.7. The van der Waals surface area contributed by atoms with Crippen LogP contribution in [0.15, 0.2) is 30.4 Å². The second-order valence-electron chi connectivity index (χ2n) is 3.19. The van der Waals surface area contributed by atoms with E-state index < -0.39 is 4.92 Å². The summed E-state index contributed by atoms with van der Waals surface area (Å²) in [6, 6.07) is 6.13. The highest BCUT2D eigenvalue weighted by Crippen LogP contribution is 2.21. The van der Waals surface area contributed by atoms with Crippen LogP contribution in [0.1, 0.15) is 5.56 Å². The molecular weight excluding hydrogens is 220 g/mol. The van der Waals surface area contributed by atoms with Gasteiger partial charge in [0.05, 0.1) is 4.92 Å². The van der Waals surface area contributed by atoms with Crippen LogP contribution in [0.2, 0.25) is 0 Å². The van der Waals surface area contributed by atoms with Crippen molar-refractivity contribution in [1.82, 2.24) is 0 Å². The Kier molecular flexibility index (Phi) is 4.66. The van der Waals surface area contributed by atoms with E-state index >= 15 is 0 Å². The minimum Gasteiger partial charge on any atom is -0.382 e. The minimum atomic E-state index is -0.573. The van der Waals surface area contributed by atoms with E-state index in [2.05, 4.69) is 5.32 Å². The Labute approximate surface area is 98.5 Å². The molecule has 0 aliphatic rings. The number of hydrogen-bond donors (Lipinski definition) is 2. The third kappa shape index (κ3) is 3.59. The lowest BCUT2D eigenvalue weighted by atomic mass is 10.2. The molecule has 17 heavy (non-hydrogen) atoms. The monoisotopic (exact) mass is 232 g/mol. The number of rotatable bonds is 5. The molecule has 0 aliphatic carbocycles. The van der Waals surface area contributed by atoms with E-state index in [1.165, 1.54) is 12.1 Å². The van der Waals surface area contributed by atoms with Gasteiger partial charge >= 0.3 is 0 Å². The molecule has 0 spiro atoms. The second kappa shape index (κ2) is 6.25. The summed E-state index contributed by atoms with van der Waals surface area (Å²) >= 11 is 0. The fraction of sp³-hybridized carbons (Fsp3) is 0.182. The van der Waals surface area contributed by atoms with Gasteiger partial charge in [-0.1, -0.05) is 12.2 Å². The third-order valence-electron chi connectivity index (χ3n) is 2.04. The molecule has 0 saturated carbocycles. The van der Waals surface area contributed by atoms with Crippen molar-refractivity contribution in [1.29, 1.82) is 5.26 Å². The Morgan fingerprint density at radius 3 is 2.88 bits per heavy atom. The molecule has 0 aliphatic heterocycles. The van der Waals surface area contributed by atoms with Gasteiger partial charge in [0.25, 0.3) is 5.69 Å². The molecule has 0 unspecified atom stereocenters. The number of nitro groups is 1. The molecule has 0 radical (unpaired) electrons. The zero-order valence-electron chi connectivity index (χ0n) is 9.09. The van der Waals surface area contributed by atoms with Crippen LogP contribution in [-0.4, -0.2) is 18.0 Å². The molecule has 0 saturated heterocycles. The highest BCUT2D eigenvalue weighted by molar-refractivity contribution is 5.58. The van der Waals surface area contributed by atoms with Gasteiger partial charge in [0.2, 0.25) is 0 Å². The number of nitriles is 1. The maximum absolute atomic E-state index is 10.6. The van der Waals surface area contributed by atoms with Gasteiger partial charge in [0, 0.05) is 24.8 Å². The van der Waals surface area contributed by atoms with E-state index in [0.717, 1.165) is 0 Å². The van der Waals surface area contributed by atoms with Crippen LogP contribution < -0.4 is 11.1 Å². The summed E-state index contributed by atoms with van der Waals surface area (Å²) in [5, 5.41) is 22.4. The van der Waals surface area contributed by atoms with Crippen molar-refractivity contribution < 1.29 is 4.92 Å². The Morgan fingerprint density at radius 2 is 2.29 bits per heavy atom. The average Bonchev–Trinajstić information content (AvgIpc) is 2.34. The van der Waals surface area contributed by atoms with E-state index in [1.54, 1.807) is 18.2 Å². The summed E-state index contributed by atoms with van der Waals surface area (Å²) < 4.78 is 0. The molecule has 1 rings (SSSR count). The molecule has 0 aromatic heterocycles. The molecule has 88 valence electrons. The fourth-order valence-corrected chi connectivity index (χ4v) is 1.25. The molecule has 6 nitrogen and oxygen atoms in total. The third-order valence-corrected chi connectivity index (χ3v) is 2.04. The molecule has 0 bridgehead atoms. The SMILES string of the molecule is N#Cc1cc(NC/C=C/CN)ccc1[N+](=O)[O-]. The number of nitro benzene ring substituents is 1. The summed E-state index contributed by atoms with van der Waals surface area (Å²) in [5.41, 5.74) is 5.79. The normalized spacial score (nSPS) is 10.1. The molecule has 0 atom stereocenters. The number of anilines is 1. The lowest BCUT2D eigenvalue weighted by Crippen LogP contribution is -2.01. The second-order valence-corrected chi connectivity index (χ2v) is 3.19. The number of hydrogen-bond acceptors (Lipinski definition) is 5. The van der Waals surface area contributed by atoms with Crippen molar-refractivity contribution >= 4 is 11.4 Å². The number of benzene rings is 1. The molecule has 3 N–H and O–H groups in total. The van der Waals surface area contributed by atoms with Crippen LogP contribution in [0.25, 0.3) is 0 Å². The van der Waals surface area contributed by atoms with Gasteiger partial charge in [-0.3, -0.25) is 10.1 Å². The molecule has 6 heteroatoms. The van der Waals surface area contributed by atoms with Gasteiger partial charge in [-0.25, -0.2) is 0 Å². The lowest BCUT2D eigenvalue weighted by molar-refractivity contribution is -0.385. The van der Waals surface area contributed by atoms with Crippen LogP contribution in [0.3, 0.4) is 0 Å². The molecule has 1 aromatic carbocycles. The van der Waals surface area contributed by atoms with E-state index in [4.69, 9.17) is 11.0 Å². The van der Waals surface area contributed by atoms with E-state index in [0.29, 0.717) is 18.8 Å². The Bertz CT molecular complexity index is 477. The summed E-state index contributed by atoms with van der Waals surface area (Å²) in [6.45, 7) is 1.02. The van der Waals surface area contributed by atoms with E-state index in [9.17, 15) is 10.1 Å².